The zero-order chi connectivity index (χ0) is 11.0. The molecule has 1 aliphatic carbocycles. The normalized spacial score (nSPS) is 24.4. The van der Waals surface area contributed by atoms with Crippen LogP contribution in [0.1, 0.15) is 48.4 Å². The lowest BCUT2D eigenvalue weighted by molar-refractivity contribution is 0.616. The van der Waals surface area contributed by atoms with Crippen LogP contribution in [0.5, 0.6) is 0 Å². The van der Waals surface area contributed by atoms with Gasteiger partial charge in [-0.05, 0) is 73.9 Å². The van der Waals surface area contributed by atoms with Gasteiger partial charge in [-0.3, -0.25) is 0 Å². The summed E-state index contributed by atoms with van der Waals surface area (Å²) >= 11 is 6.23. The Morgan fingerprint density at radius 3 is 2.81 bits per heavy atom. The van der Waals surface area contributed by atoms with Crippen molar-refractivity contribution < 1.29 is 0 Å². The Bertz CT molecular complexity index is 394. The number of hydrogen-bond donors (Lipinski definition) is 1. The van der Waals surface area contributed by atoms with Crippen molar-refractivity contribution in [1.82, 2.24) is 5.32 Å². The first-order valence-corrected chi connectivity index (χ1v) is 6.77. The monoisotopic (exact) mass is 235 g/mol. The molecule has 1 atom stereocenters. The minimum Gasteiger partial charge on any atom is -0.310 e. The lowest BCUT2D eigenvalue weighted by Crippen LogP contribution is -2.17. The number of rotatable bonds is 1. The zero-order valence-corrected chi connectivity index (χ0v) is 10.3. The molecule has 86 valence electrons. The molecular formula is C14H18ClN. The second-order valence-electron chi connectivity index (χ2n) is 4.99. The minimum atomic E-state index is 0.561. The molecule has 1 aliphatic heterocycles. The van der Waals surface area contributed by atoms with Crippen LogP contribution in [0.2, 0.25) is 5.02 Å². The Morgan fingerprint density at radius 2 is 2.00 bits per heavy atom. The predicted molar refractivity (Wildman–Crippen MR) is 68.1 cm³/mol. The lowest BCUT2D eigenvalue weighted by Gasteiger charge is -2.23. The highest BCUT2D eigenvalue weighted by Gasteiger charge is 2.22. The van der Waals surface area contributed by atoms with Crippen molar-refractivity contribution in [1.29, 1.82) is 0 Å². The second-order valence-corrected chi connectivity index (χ2v) is 5.43. The summed E-state index contributed by atoms with van der Waals surface area (Å²) in [6, 6.07) is 4.92. The third-order valence-corrected chi connectivity index (χ3v) is 4.12. The van der Waals surface area contributed by atoms with E-state index in [-0.39, 0.29) is 0 Å². The first-order valence-electron chi connectivity index (χ1n) is 6.39. The highest BCUT2D eigenvalue weighted by atomic mass is 35.5. The molecule has 1 aromatic rings. The zero-order valence-electron chi connectivity index (χ0n) is 9.56. The fourth-order valence-electron chi connectivity index (χ4n) is 3.12. The number of halogens is 1. The summed E-state index contributed by atoms with van der Waals surface area (Å²) in [5, 5.41) is 4.51. The van der Waals surface area contributed by atoms with Crippen molar-refractivity contribution in [2.24, 2.45) is 0 Å². The van der Waals surface area contributed by atoms with Gasteiger partial charge >= 0.3 is 0 Å². The average molecular weight is 236 g/mol. The van der Waals surface area contributed by atoms with Crippen LogP contribution in [0, 0.1) is 0 Å². The van der Waals surface area contributed by atoms with E-state index < -0.39 is 0 Å². The molecule has 0 unspecified atom stereocenters. The summed E-state index contributed by atoms with van der Waals surface area (Å²) in [5.74, 6) is 0. The fraction of sp³-hybridized carbons (Fsp3) is 0.571. The van der Waals surface area contributed by atoms with Crippen molar-refractivity contribution >= 4 is 11.6 Å². The van der Waals surface area contributed by atoms with Crippen LogP contribution in [0.25, 0.3) is 0 Å². The highest BCUT2D eigenvalue weighted by molar-refractivity contribution is 6.30. The fourth-order valence-corrected chi connectivity index (χ4v) is 3.37. The standard InChI is InChI=1S/C14H18ClN/c15-11-8-10-4-1-2-5-12(10)13(9-11)14-6-3-7-16-14/h8-9,14,16H,1-7H2/t14-/m0/s1. The number of hydrogen-bond acceptors (Lipinski definition) is 1. The van der Waals surface area contributed by atoms with E-state index in [1.165, 1.54) is 49.7 Å². The summed E-state index contributed by atoms with van der Waals surface area (Å²) < 4.78 is 0. The molecular weight excluding hydrogens is 218 g/mol. The molecule has 1 aromatic carbocycles. The van der Waals surface area contributed by atoms with Gasteiger partial charge in [-0.2, -0.15) is 0 Å². The number of fused-ring (bicyclic) bond motifs is 1. The molecule has 1 nitrogen and oxygen atoms in total. The van der Waals surface area contributed by atoms with E-state index in [9.17, 15) is 0 Å². The van der Waals surface area contributed by atoms with E-state index in [0.717, 1.165) is 11.6 Å². The molecule has 0 aromatic heterocycles. The van der Waals surface area contributed by atoms with Gasteiger partial charge in [0.2, 0.25) is 0 Å². The molecule has 1 fully saturated rings. The van der Waals surface area contributed by atoms with E-state index in [1.54, 1.807) is 5.56 Å². The van der Waals surface area contributed by atoms with Gasteiger partial charge in [-0.1, -0.05) is 11.6 Å². The van der Waals surface area contributed by atoms with E-state index in [1.807, 2.05) is 0 Å². The number of aryl methyl sites for hydroxylation is 1. The number of nitrogens with one attached hydrogen (secondary N) is 1. The van der Waals surface area contributed by atoms with Gasteiger partial charge in [-0.25, -0.2) is 0 Å². The summed E-state index contributed by atoms with van der Waals surface area (Å²) in [6.45, 7) is 1.16. The summed E-state index contributed by atoms with van der Waals surface area (Å²) in [7, 11) is 0. The van der Waals surface area contributed by atoms with Gasteiger partial charge in [0, 0.05) is 11.1 Å². The van der Waals surface area contributed by atoms with Crippen LogP contribution in [0.15, 0.2) is 12.1 Å². The van der Waals surface area contributed by atoms with Crippen LogP contribution >= 0.6 is 11.6 Å². The largest absolute Gasteiger partial charge is 0.310 e. The molecule has 0 spiro atoms. The smallest absolute Gasteiger partial charge is 0.0412 e. The van der Waals surface area contributed by atoms with Crippen molar-refractivity contribution in [2.45, 2.75) is 44.6 Å². The molecule has 3 rings (SSSR count). The second kappa shape index (κ2) is 4.38. The Hall–Kier alpha value is -0.530. The van der Waals surface area contributed by atoms with Crippen molar-refractivity contribution in [3.05, 3.63) is 33.8 Å². The molecule has 2 aliphatic rings. The third kappa shape index (κ3) is 1.87. The van der Waals surface area contributed by atoms with Gasteiger partial charge in [0.05, 0.1) is 0 Å². The maximum atomic E-state index is 6.23. The van der Waals surface area contributed by atoms with Crippen LogP contribution < -0.4 is 5.32 Å². The Labute approximate surface area is 102 Å². The third-order valence-electron chi connectivity index (χ3n) is 3.90. The Balaban J connectivity index is 2.04. The highest BCUT2D eigenvalue weighted by Crippen LogP contribution is 2.34. The quantitative estimate of drug-likeness (QED) is 0.784. The van der Waals surface area contributed by atoms with Crippen LogP contribution in [0.3, 0.4) is 0 Å². The van der Waals surface area contributed by atoms with E-state index in [2.05, 4.69) is 17.4 Å². The average Bonchev–Trinajstić information content (AvgIpc) is 2.81. The molecule has 1 saturated heterocycles. The number of benzene rings is 1. The van der Waals surface area contributed by atoms with Crippen LogP contribution in [-0.2, 0) is 12.8 Å². The van der Waals surface area contributed by atoms with E-state index >= 15 is 0 Å². The molecule has 0 saturated carbocycles. The van der Waals surface area contributed by atoms with Gasteiger partial charge in [0.25, 0.3) is 0 Å². The molecule has 1 heterocycles. The van der Waals surface area contributed by atoms with Crippen LogP contribution in [-0.4, -0.2) is 6.54 Å². The summed E-state index contributed by atoms with van der Waals surface area (Å²) in [5.41, 5.74) is 4.58. The molecule has 1 N–H and O–H groups in total. The molecule has 16 heavy (non-hydrogen) atoms. The van der Waals surface area contributed by atoms with Gasteiger partial charge in [-0.15, -0.1) is 0 Å². The first kappa shape index (κ1) is 10.6. The van der Waals surface area contributed by atoms with Crippen molar-refractivity contribution in [3.63, 3.8) is 0 Å². The Kier molecular flexibility index (Phi) is 2.91. The molecule has 2 heteroatoms. The van der Waals surface area contributed by atoms with Crippen molar-refractivity contribution in [3.8, 4) is 0 Å². The van der Waals surface area contributed by atoms with Gasteiger partial charge < -0.3 is 5.32 Å². The van der Waals surface area contributed by atoms with Gasteiger partial charge in [0.15, 0.2) is 0 Å². The first-order chi connectivity index (χ1) is 7.84. The molecule has 0 amide bonds. The minimum absolute atomic E-state index is 0.561. The molecule has 0 radical (unpaired) electrons. The molecule has 0 bridgehead atoms. The maximum absolute atomic E-state index is 6.23. The maximum Gasteiger partial charge on any atom is 0.0412 e. The van der Waals surface area contributed by atoms with Crippen LogP contribution in [0.4, 0.5) is 0 Å². The van der Waals surface area contributed by atoms with E-state index in [0.29, 0.717) is 6.04 Å². The Morgan fingerprint density at radius 1 is 1.12 bits per heavy atom. The SMILES string of the molecule is Clc1cc2c(c([C@@H]3CCCN3)c1)CCCC2. The van der Waals surface area contributed by atoms with E-state index in [4.69, 9.17) is 11.6 Å². The van der Waals surface area contributed by atoms with Crippen molar-refractivity contribution in [2.75, 3.05) is 6.54 Å². The lowest BCUT2D eigenvalue weighted by atomic mass is 9.85. The summed E-state index contributed by atoms with van der Waals surface area (Å²) in [4.78, 5) is 0. The predicted octanol–water partition coefficient (Wildman–Crippen LogP) is 3.64. The van der Waals surface area contributed by atoms with Gasteiger partial charge in [0.1, 0.15) is 0 Å². The summed E-state index contributed by atoms with van der Waals surface area (Å²) in [6.07, 6.45) is 7.70. The topological polar surface area (TPSA) is 12.0 Å².